The summed E-state index contributed by atoms with van der Waals surface area (Å²) in [7, 11) is -3.82. The van der Waals surface area contributed by atoms with E-state index in [1.807, 2.05) is 0 Å². The maximum absolute atomic E-state index is 12.6. The van der Waals surface area contributed by atoms with E-state index in [1.165, 1.54) is 54.7 Å². The van der Waals surface area contributed by atoms with Crippen LogP contribution < -0.4 is 14.9 Å². The Bertz CT molecular complexity index is 1660. The second kappa shape index (κ2) is 12.4. The van der Waals surface area contributed by atoms with Crippen LogP contribution in [0.5, 0.6) is 5.75 Å². The Morgan fingerprint density at radius 3 is 2.28 bits per heavy atom. The average molecular weight is 647 g/mol. The lowest BCUT2D eigenvalue weighted by Gasteiger charge is -2.09. The molecular formula is C27H18BrCl2N3O5S. The zero-order valence-electron chi connectivity index (χ0n) is 19.8. The molecule has 0 spiro atoms. The van der Waals surface area contributed by atoms with Crippen LogP contribution in [-0.2, 0) is 10.0 Å². The molecular weight excluding hydrogens is 629 g/mol. The Kier molecular flexibility index (Phi) is 9.03. The molecule has 0 atom stereocenters. The number of carbonyl (C=O) groups is 2. The molecule has 4 aromatic rings. The fourth-order valence-electron chi connectivity index (χ4n) is 3.24. The van der Waals surface area contributed by atoms with Gasteiger partial charge in [-0.1, -0.05) is 51.3 Å². The molecule has 198 valence electrons. The Hall–Kier alpha value is -3.70. The summed E-state index contributed by atoms with van der Waals surface area (Å²) in [5.74, 6) is -0.977. The van der Waals surface area contributed by atoms with Crippen LogP contribution in [-0.4, -0.2) is 26.5 Å². The van der Waals surface area contributed by atoms with Crippen LogP contribution in [0.25, 0.3) is 0 Å². The normalized spacial score (nSPS) is 11.3. The van der Waals surface area contributed by atoms with Crippen LogP contribution in [0.3, 0.4) is 0 Å². The van der Waals surface area contributed by atoms with Gasteiger partial charge in [0, 0.05) is 26.3 Å². The first-order chi connectivity index (χ1) is 18.6. The van der Waals surface area contributed by atoms with Gasteiger partial charge in [0.05, 0.1) is 21.7 Å². The standard InChI is InChI=1S/C27H18BrCl2N3O5S/c28-19-7-14-25(38-27(35)23-3-1-2-4-24(23)30)18(15-19)16-31-32-26(34)17-5-10-21(11-6-17)33-39(36,37)22-12-8-20(29)9-13-22/h1-16,33H,(H,32,34)/b31-16+. The third kappa shape index (κ3) is 7.45. The number of amides is 1. The van der Waals surface area contributed by atoms with Gasteiger partial charge in [0.25, 0.3) is 15.9 Å². The molecule has 0 heterocycles. The number of rotatable bonds is 8. The number of hydrogen-bond acceptors (Lipinski definition) is 6. The van der Waals surface area contributed by atoms with Crippen molar-refractivity contribution in [2.75, 3.05) is 4.72 Å². The highest BCUT2D eigenvalue weighted by atomic mass is 79.9. The average Bonchev–Trinajstić information content (AvgIpc) is 2.90. The molecule has 8 nitrogen and oxygen atoms in total. The molecule has 0 aliphatic carbocycles. The molecule has 12 heteroatoms. The van der Waals surface area contributed by atoms with Gasteiger partial charge in [0.15, 0.2) is 0 Å². The maximum atomic E-state index is 12.6. The van der Waals surface area contributed by atoms with E-state index in [2.05, 4.69) is 31.2 Å². The molecule has 0 saturated carbocycles. The predicted octanol–water partition coefficient (Wildman–Crippen LogP) is 6.54. The first-order valence-corrected chi connectivity index (χ1v) is 14.1. The first-order valence-electron chi connectivity index (χ1n) is 11.1. The zero-order valence-corrected chi connectivity index (χ0v) is 23.7. The molecule has 0 aliphatic heterocycles. The smallest absolute Gasteiger partial charge is 0.345 e. The van der Waals surface area contributed by atoms with Crippen molar-refractivity contribution >= 4 is 72.9 Å². The van der Waals surface area contributed by atoms with E-state index in [1.54, 1.807) is 42.5 Å². The lowest BCUT2D eigenvalue weighted by atomic mass is 10.2. The Morgan fingerprint density at radius 2 is 1.59 bits per heavy atom. The fraction of sp³-hybridized carbons (Fsp3) is 0. The number of hydrogen-bond donors (Lipinski definition) is 2. The quantitative estimate of drug-likeness (QED) is 0.0977. The maximum Gasteiger partial charge on any atom is 0.345 e. The number of anilines is 1. The van der Waals surface area contributed by atoms with Crippen molar-refractivity contribution < 1.29 is 22.7 Å². The van der Waals surface area contributed by atoms with Crippen LogP contribution >= 0.6 is 39.1 Å². The number of ether oxygens (including phenoxy) is 1. The van der Waals surface area contributed by atoms with Crippen LogP contribution in [0.4, 0.5) is 5.69 Å². The van der Waals surface area contributed by atoms with E-state index in [4.69, 9.17) is 27.9 Å². The number of nitrogens with one attached hydrogen (secondary N) is 2. The summed E-state index contributed by atoms with van der Waals surface area (Å²) in [6, 6.07) is 22.9. The summed E-state index contributed by atoms with van der Waals surface area (Å²) in [5.41, 5.74) is 3.51. The molecule has 39 heavy (non-hydrogen) atoms. The second-order valence-corrected chi connectivity index (χ2v) is 11.3. The molecule has 0 aromatic heterocycles. The largest absolute Gasteiger partial charge is 0.422 e. The third-order valence-corrected chi connectivity index (χ3v) is 7.63. The fourth-order valence-corrected chi connectivity index (χ4v) is 5.01. The van der Waals surface area contributed by atoms with Gasteiger partial charge in [0.1, 0.15) is 5.75 Å². The highest BCUT2D eigenvalue weighted by Crippen LogP contribution is 2.24. The highest BCUT2D eigenvalue weighted by molar-refractivity contribution is 9.10. The van der Waals surface area contributed by atoms with Gasteiger partial charge in [-0.15, -0.1) is 0 Å². The predicted molar refractivity (Wildman–Crippen MR) is 154 cm³/mol. The van der Waals surface area contributed by atoms with E-state index in [9.17, 15) is 18.0 Å². The second-order valence-electron chi connectivity index (χ2n) is 7.89. The van der Waals surface area contributed by atoms with Crippen molar-refractivity contribution in [3.63, 3.8) is 0 Å². The molecule has 0 radical (unpaired) electrons. The molecule has 1 amide bonds. The Balaban J connectivity index is 1.41. The van der Waals surface area contributed by atoms with Gasteiger partial charge < -0.3 is 4.74 Å². The van der Waals surface area contributed by atoms with E-state index in [-0.39, 0.29) is 32.5 Å². The summed E-state index contributed by atoms with van der Waals surface area (Å²) in [4.78, 5) is 25.2. The number of esters is 1. The minimum Gasteiger partial charge on any atom is -0.422 e. The van der Waals surface area contributed by atoms with E-state index >= 15 is 0 Å². The number of carbonyl (C=O) groups excluding carboxylic acids is 2. The van der Waals surface area contributed by atoms with Gasteiger partial charge >= 0.3 is 5.97 Å². The molecule has 0 unspecified atom stereocenters. The van der Waals surface area contributed by atoms with Gasteiger partial charge in [-0.2, -0.15) is 5.10 Å². The molecule has 0 aliphatic rings. The van der Waals surface area contributed by atoms with Crippen molar-refractivity contribution in [2.24, 2.45) is 5.10 Å². The van der Waals surface area contributed by atoms with E-state index < -0.39 is 21.9 Å². The van der Waals surface area contributed by atoms with Crippen LogP contribution in [0.15, 0.2) is 105 Å². The first kappa shape index (κ1) is 28.3. The zero-order chi connectivity index (χ0) is 28.0. The number of hydrazone groups is 1. The molecule has 0 saturated heterocycles. The van der Waals surface area contributed by atoms with Gasteiger partial charge in [-0.05, 0) is 78.9 Å². The van der Waals surface area contributed by atoms with E-state index in [0.717, 1.165) is 0 Å². The lowest BCUT2D eigenvalue weighted by Crippen LogP contribution is -2.18. The van der Waals surface area contributed by atoms with Crippen molar-refractivity contribution in [1.82, 2.24) is 5.43 Å². The number of benzene rings is 4. The Morgan fingerprint density at radius 1 is 0.897 bits per heavy atom. The summed E-state index contributed by atoms with van der Waals surface area (Å²) in [6.07, 6.45) is 1.33. The summed E-state index contributed by atoms with van der Waals surface area (Å²) >= 11 is 15.3. The minimum atomic E-state index is -3.82. The highest BCUT2D eigenvalue weighted by Gasteiger charge is 2.16. The van der Waals surface area contributed by atoms with E-state index in [0.29, 0.717) is 15.1 Å². The molecule has 0 bridgehead atoms. The van der Waals surface area contributed by atoms with Crippen molar-refractivity contribution in [3.05, 3.63) is 122 Å². The van der Waals surface area contributed by atoms with Gasteiger partial charge in [0.2, 0.25) is 0 Å². The molecule has 0 fully saturated rings. The van der Waals surface area contributed by atoms with Gasteiger partial charge in [-0.3, -0.25) is 9.52 Å². The van der Waals surface area contributed by atoms with Crippen molar-refractivity contribution in [1.29, 1.82) is 0 Å². The topological polar surface area (TPSA) is 114 Å². The molecule has 2 N–H and O–H groups in total. The molecule has 4 rings (SSSR count). The third-order valence-electron chi connectivity index (χ3n) is 5.16. The number of nitrogens with zero attached hydrogens (tertiary/aromatic N) is 1. The molecule has 4 aromatic carbocycles. The van der Waals surface area contributed by atoms with Crippen molar-refractivity contribution in [3.8, 4) is 5.75 Å². The number of halogens is 3. The van der Waals surface area contributed by atoms with Crippen LogP contribution in [0, 0.1) is 0 Å². The summed E-state index contributed by atoms with van der Waals surface area (Å²) in [5, 5.41) is 4.63. The Labute approximate surface area is 242 Å². The van der Waals surface area contributed by atoms with Gasteiger partial charge in [-0.25, -0.2) is 18.6 Å². The lowest BCUT2D eigenvalue weighted by molar-refractivity contribution is 0.0734. The summed E-state index contributed by atoms with van der Waals surface area (Å²) in [6.45, 7) is 0. The number of sulfonamides is 1. The van der Waals surface area contributed by atoms with Crippen LogP contribution in [0.1, 0.15) is 26.3 Å². The summed E-state index contributed by atoms with van der Waals surface area (Å²) < 4.78 is 33.7. The van der Waals surface area contributed by atoms with Crippen LogP contribution in [0.2, 0.25) is 10.0 Å². The minimum absolute atomic E-state index is 0.0486. The monoisotopic (exact) mass is 645 g/mol. The SMILES string of the molecule is O=C(N/N=C/c1cc(Br)ccc1OC(=O)c1ccccc1Cl)c1ccc(NS(=O)(=O)c2ccc(Cl)cc2)cc1. The van der Waals surface area contributed by atoms with Crippen molar-refractivity contribution in [2.45, 2.75) is 4.90 Å².